The summed E-state index contributed by atoms with van der Waals surface area (Å²) in [6.07, 6.45) is -4.69. The van der Waals surface area contributed by atoms with Crippen molar-refractivity contribution < 1.29 is 13.2 Å². The van der Waals surface area contributed by atoms with E-state index in [1.165, 1.54) is 12.1 Å². The molecule has 0 saturated carbocycles. The van der Waals surface area contributed by atoms with Gasteiger partial charge in [0.2, 0.25) is 5.50 Å². The molecule has 9 heteroatoms. The Morgan fingerprint density at radius 1 is 1.11 bits per heavy atom. The second-order valence-corrected chi connectivity index (χ2v) is 5.01. The zero-order valence-corrected chi connectivity index (χ0v) is 12.0. The molecule has 0 radical (unpaired) electrons. The van der Waals surface area contributed by atoms with E-state index in [1.807, 2.05) is 0 Å². The van der Waals surface area contributed by atoms with Crippen LogP contribution >= 0.6 is 58.0 Å². The van der Waals surface area contributed by atoms with Gasteiger partial charge in [0.05, 0.1) is 15.1 Å². The Hall–Kier alpha value is 0.130. The highest BCUT2D eigenvalue weighted by Gasteiger charge is 2.38. The third-order valence-electron chi connectivity index (χ3n) is 1.72. The van der Waals surface area contributed by atoms with E-state index in [-0.39, 0.29) is 20.6 Å². The molecule has 1 nitrogen and oxygen atoms in total. The maximum atomic E-state index is 12.2. The summed E-state index contributed by atoms with van der Waals surface area (Å²) in [6.45, 7) is 0. The third-order valence-corrected chi connectivity index (χ3v) is 3.58. The molecule has 0 aromatic heterocycles. The molecule has 0 heterocycles. The largest absolute Gasteiger partial charge is 0.424 e. The minimum absolute atomic E-state index is 0.0469. The molecule has 0 fully saturated rings. The number of benzene rings is 1. The number of hydrogen-bond donors (Lipinski definition) is 0. The van der Waals surface area contributed by atoms with E-state index in [0.717, 1.165) is 0 Å². The number of rotatable bonds is 2. The minimum Gasteiger partial charge on any atom is -0.243 e. The van der Waals surface area contributed by atoms with Crippen molar-refractivity contribution in [1.29, 1.82) is 0 Å². The van der Waals surface area contributed by atoms with Gasteiger partial charge in [-0.05, 0) is 12.1 Å². The van der Waals surface area contributed by atoms with Gasteiger partial charge in [-0.1, -0.05) is 58.0 Å². The van der Waals surface area contributed by atoms with Crippen molar-refractivity contribution in [2.45, 2.75) is 11.7 Å². The van der Waals surface area contributed by atoms with Gasteiger partial charge in [-0.2, -0.15) is 13.2 Å². The topological polar surface area (TPSA) is 12.4 Å². The maximum Gasteiger partial charge on any atom is 0.424 e. The number of alkyl halides is 4. The fraction of sp³-hybridized carbons (Fsp3) is 0.222. The van der Waals surface area contributed by atoms with Crippen molar-refractivity contribution in [1.82, 2.24) is 0 Å². The molecule has 0 aliphatic heterocycles. The number of hydrogen-bond acceptors (Lipinski definition) is 1. The molecule has 0 amide bonds. The SMILES string of the molecule is FC(F)(F)C(Cl)/N=C(\Cl)c1cc(Cl)c(Cl)c(Cl)c1. The Bertz CT molecular complexity index is 463. The van der Waals surface area contributed by atoms with E-state index < -0.39 is 16.8 Å². The molecule has 0 saturated heterocycles. The Balaban J connectivity index is 3.12. The lowest BCUT2D eigenvalue weighted by atomic mass is 10.2. The first-order valence-electron chi connectivity index (χ1n) is 4.22. The van der Waals surface area contributed by atoms with Crippen LogP contribution in [0.2, 0.25) is 15.1 Å². The summed E-state index contributed by atoms with van der Waals surface area (Å²) in [5.41, 5.74) is -2.36. The standard InChI is InChI=1S/C9H3Cl5F3N/c10-4-1-3(2-5(11)6(4)12)7(13)18-8(14)9(15,16)17/h1-2,8H/b18-7-. The summed E-state index contributed by atoms with van der Waals surface area (Å²) in [5, 5.41) is -0.297. The fourth-order valence-corrected chi connectivity index (χ4v) is 1.87. The molecule has 1 rings (SSSR count). The van der Waals surface area contributed by atoms with Crippen LogP contribution in [0.1, 0.15) is 5.56 Å². The normalized spacial score (nSPS) is 14.8. The molecule has 1 unspecified atom stereocenters. The predicted octanol–water partition coefficient (Wildman–Crippen LogP) is 5.76. The second-order valence-electron chi connectivity index (χ2n) is 3.05. The van der Waals surface area contributed by atoms with Crippen LogP contribution in [-0.4, -0.2) is 16.8 Å². The Morgan fingerprint density at radius 2 is 1.56 bits per heavy atom. The highest BCUT2D eigenvalue weighted by molar-refractivity contribution is 6.70. The van der Waals surface area contributed by atoms with Gasteiger partial charge in [0, 0.05) is 5.56 Å². The molecule has 0 bridgehead atoms. The monoisotopic (exact) mass is 357 g/mol. The lowest BCUT2D eigenvalue weighted by Gasteiger charge is -2.10. The van der Waals surface area contributed by atoms with Crippen molar-refractivity contribution in [2.24, 2.45) is 4.99 Å². The molecule has 0 spiro atoms. The summed E-state index contributed by atoms with van der Waals surface area (Å²) in [7, 11) is 0. The molecule has 100 valence electrons. The summed E-state index contributed by atoms with van der Waals surface area (Å²) < 4.78 is 36.5. The molecule has 18 heavy (non-hydrogen) atoms. The zero-order chi connectivity index (χ0) is 14.1. The minimum atomic E-state index is -4.69. The first kappa shape index (κ1) is 16.2. The fourth-order valence-electron chi connectivity index (χ4n) is 0.922. The average molecular weight is 359 g/mol. The zero-order valence-electron chi connectivity index (χ0n) is 8.20. The van der Waals surface area contributed by atoms with E-state index in [0.29, 0.717) is 0 Å². The highest BCUT2D eigenvalue weighted by atomic mass is 35.5. The molecule has 0 aliphatic carbocycles. The summed E-state index contributed by atoms with van der Waals surface area (Å²) in [4.78, 5) is 3.09. The number of aliphatic imine (C=N–C) groups is 1. The van der Waals surface area contributed by atoms with Crippen LogP contribution in [-0.2, 0) is 0 Å². The van der Waals surface area contributed by atoms with Gasteiger partial charge >= 0.3 is 6.18 Å². The van der Waals surface area contributed by atoms with Gasteiger partial charge in [-0.25, -0.2) is 4.99 Å². The van der Waals surface area contributed by atoms with E-state index in [1.54, 1.807) is 0 Å². The van der Waals surface area contributed by atoms with Crippen molar-refractivity contribution in [2.75, 3.05) is 0 Å². The van der Waals surface area contributed by atoms with Crippen LogP contribution in [0.4, 0.5) is 13.2 Å². The van der Waals surface area contributed by atoms with Crippen LogP contribution in [0.5, 0.6) is 0 Å². The molecule has 0 N–H and O–H groups in total. The Kier molecular flexibility index (Phi) is 5.44. The summed E-state index contributed by atoms with van der Waals surface area (Å²) in [5.74, 6) is 0. The first-order valence-corrected chi connectivity index (χ1v) is 6.16. The van der Waals surface area contributed by atoms with Gasteiger partial charge < -0.3 is 0 Å². The first-order chi connectivity index (χ1) is 8.12. The van der Waals surface area contributed by atoms with Gasteiger partial charge in [0.25, 0.3) is 0 Å². The smallest absolute Gasteiger partial charge is 0.243 e. The third kappa shape index (κ3) is 4.07. The Labute approximate surface area is 125 Å². The van der Waals surface area contributed by atoms with E-state index in [9.17, 15) is 13.2 Å². The average Bonchev–Trinajstić information content (AvgIpc) is 2.23. The van der Waals surface area contributed by atoms with Crippen molar-refractivity contribution in [3.63, 3.8) is 0 Å². The highest BCUT2D eigenvalue weighted by Crippen LogP contribution is 2.32. The van der Waals surface area contributed by atoms with Crippen molar-refractivity contribution in [3.05, 3.63) is 32.8 Å². The quantitative estimate of drug-likeness (QED) is 0.276. The molecule has 1 aromatic carbocycles. The van der Waals surface area contributed by atoms with Crippen LogP contribution in [0.25, 0.3) is 0 Å². The van der Waals surface area contributed by atoms with Gasteiger partial charge in [0.15, 0.2) is 0 Å². The predicted molar refractivity (Wildman–Crippen MR) is 69.6 cm³/mol. The van der Waals surface area contributed by atoms with Crippen LogP contribution in [0.15, 0.2) is 17.1 Å². The summed E-state index contributed by atoms with van der Waals surface area (Å²) >= 11 is 27.7. The van der Waals surface area contributed by atoms with Crippen LogP contribution < -0.4 is 0 Å². The Morgan fingerprint density at radius 3 is 1.94 bits per heavy atom. The van der Waals surface area contributed by atoms with Crippen molar-refractivity contribution in [3.8, 4) is 0 Å². The van der Waals surface area contributed by atoms with Crippen LogP contribution in [0, 0.1) is 0 Å². The van der Waals surface area contributed by atoms with Crippen molar-refractivity contribution >= 4 is 63.2 Å². The lowest BCUT2D eigenvalue weighted by molar-refractivity contribution is -0.128. The van der Waals surface area contributed by atoms with E-state index in [2.05, 4.69) is 4.99 Å². The van der Waals surface area contributed by atoms with Gasteiger partial charge in [-0.15, -0.1) is 0 Å². The molecule has 1 atom stereocenters. The van der Waals surface area contributed by atoms with Gasteiger partial charge in [-0.3, -0.25) is 0 Å². The van der Waals surface area contributed by atoms with E-state index >= 15 is 0 Å². The molecule has 0 aliphatic rings. The molecular weight excluding hydrogens is 356 g/mol. The number of halogens is 8. The van der Waals surface area contributed by atoms with Gasteiger partial charge in [0.1, 0.15) is 5.17 Å². The van der Waals surface area contributed by atoms with E-state index in [4.69, 9.17) is 58.0 Å². The lowest BCUT2D eigenvalue weighted by Crippen LogP contribution is -2.22. The van der Waals surface area contributed by atoms with Crippen LogP contribution in [0.3, 0.4) is 0 Å². The molecular formula is C9H3Cl5F3N. The number of nitrogens with zero attached hydrogens (tertiary/aromatic N) is 1. The summed E-state index contributed by atoms with van der Waals surface area (Å²) in [6, 6.07) is 2.48. The maximum absolute atomic E-state index is 12.2. The molecule has 1 aromatic rings. The second kappa shape index (κ2) is 6.06.